The highest BCUT2D eigenvalue weighted by Gasteiger charge is 2.55. The van der Waals surface area contributed by atoms with Gasteiger partial charge in [-0.2, -0.15) is 17.6 Å². The van der Waals surface area contributed by atoms with E-state index in [4.69, 9.17) is 5.73 Å². The number of aryl methyl sites for hydroxylation is 1. The molecule has 2 aromatic rings. The normalized spacial score (nSPS) is 20.5. The minimum Gasteiger partial charge on any atom is -0.380 e. The molecule has 0 bridgehead atoms. The van der Waals surface area contributed by atoms with E-state index in [1.807, 2.05) is 0 Å². The number of amides is 2. The van der Waals surface area contributed by atoms with Gasteiger partial charge >= 0.3 is 12.1 Å². The molecule has 0 unspecified atom stereocenters. The molecule has 1 saturated carbocycles. The summed E-state index contributed by atoms with van der Waals surface area (Å²) in [5.41, 5.74) is 3.16. The topological polar surface area (TPSA) is 119 Å². The van der Waals surface area contributed by atoms with E-state index in [2.05, 4.69) is 4.98 Å². The number of halogens is 4. The van der Waals surface area contributed by atoms with E-state index < -0.39 is 54.2 Å². The minimum absolute atomic E-state index is 0.0309. The Hall–Kier alpha value is -3.28. The first-order valence-electron chi connectivity index (χ1n) is 10.9. The molecule has 0 saturated heterocycles. The van der Waals surface area contributed by atoms with Crippen molar-refractivity contribution in [2.75, 3.05) is 4.90 Å². The molecular formula is C23H26F4N4O4. The average molecular weight is 498 g/mol. The van der Waals surface area contributed by atoms with Gasteiger partial charge in [0, 0.05) is 24.3 Å². The Labute approximate surface area is 198 Å². The molecule has 0 aliphatic heterocycles. The fraction of sp³-hybridized carbons (Fsp3) is 0.478. The van der Waals surface area contributed by atoms with Crippen LogP contribution in [0, 0.1) is 26.7 Å². The zero-order valence-electron chi connectivity index (χ0n) is 19.7. The number of aliphatic hydroxyl groups is 1. The van der Waals surface area contributed by atoms with Crippen LogP contribution in [0.3, 0.4) is 0 Å². The summed E-state index contributed by atoms with van der Waals surface area (Å²) >= 11 is 0. The summed E-state index contributed by atoms with van der Waals surface area (Å²) in [4.78, 5) is 43.4. The van der Waals surface area contributed by atoms with Gasteiger partial charge in [-0.1, -0.05) is 0 Å². The summed E-state index contributed by atoms with van der Waals surface area (Å²) in [6.07, 6.45) is -5.70. The van der Waals surface area contributed by atoms with Crippen LogP contribution in [0.15, 0.2) is 12.3 Å². The zero-order chi connectivity index (χ0) is 26.5. The summed E-state index contributed by atoms with van der Waals surface area (Å²) in [5.74, 6) is -3.68. The lowest BCUT2D eigenvalue weighted by molar-refractivity contribution is -0.270. The lowest BCUT2D eigenvalue weighted by atomic mass is 9.81. The number of alkyl halides is 3. The first kappa shape index (κ1) is 26.3. The standard InChI is InChI=1S/C23H26F4N4O4/c1-11-9-15(10-29-19(11)24)31(14-5-7-22(35,8-6-14)23(25,26)27)21(34)18(32)17-12(2)16(20(28)33)13(3)30(17)4/h9-10,14,35H,5-8H2,1-4H3,(H2,28,33). The highest BCUT2D eigenvalue weighted by molar-refractivity contribution is 6.47. The molecule has 3 N–H and O–H groups in total. The highest BCUT2D eigenvalue weighted by atomic mass is 19.4. The van der Waals surface area contributed by atoms with Gasteiger partial charge in [-0.15, -0.1) is 0 Å². The predicted octanol–water partition coefficient (Wildman–Crippen LogP) is 3.04. The lowest BCUT2D eigenvalue weighted by Crippen LogP contribution is -2.53. The van der Waals surface area contributed by atoms with Crippen molar-refractivity contribution in [3.8, 4) is 0 Å². The summed E-state index contributed by atoms with van der Waals surface area (Å²) < 4.78 is 55.1. The third-order valence-electron chi connectivity index (χ3n) is 6.76. The molecule has 0 atom stereocenters. The molecule has 8 nitrogen and oxygen atoms in total. The molecule has 1 fully saturated rings. The van der Waals surface area contributed by atoms with E-state index in [0.717, 1.165) is 11.1 Å². The van der Waals surface area contributed by atoms with Crippen molar-refractivity contribution in [2.45, 2.75) is 64.3 Å². The number of ketones is 1. The maximum atomic E-state index is 13.8. The summed E-state index contributed by atoms with van der Waals surface area (Å²) in [7, 11) is 1.48. The number of nitrogens with two attached hydrogens (primary N) is 1. The molecule has 1 aliphatic rings. The van der Waals surface area contributed by atoms with Crippen molar-refractivity contribution in [1.29, 1.82) is 0 Å². The Morgan fingerprint density at radius 2 is 1.77 bits per heavy atom. The van der Waals surface area contributed by atoms with Crippen molar-refractivity contribution in [2.24, 2.45) is 12.8 Å². The molecule has 2 aromatic heterocycles. The molecule has 3 rings (SSSR count). The van der Waals surface area contributed by atoms with Crippen molar-refractivity contribution < 1.29 is 37.1 Å². The monoisotopic (exact) mass is 498 g/mol. The van der Waals surface area contributed by atoms with Crippen LogP contribution in [0.4, 0.5) is 23.2 Å². The van der Waals surface area contributed by atoms with Crippen LogP contribution in [0.1, 0.15) is 63.4 Å². The third kappa shape index (κ3) is 4.54. The van der Waals surface area contributed by atoms with Gasteiger partial charge in [0.1, 0.15) is 0 Å². The lowest BCUT2D eigenvalue weighted by Gasteiger charge is -2.41. The highest BCUT2D eigenvalue weighted by Crippen LogP contribution is 2.43. The second-order valence-electron chi connectivity index (χ2n) is 8.92. The molecule has 190 valence electrons. The second kappa shape index (κ2) is 9.06. The number of anilines is 1. The molecule has 0 spiro atoms. The van der Waals surface area contributed by atoms with Gasteiger partial charge in [0.2, 0.25) is 5.95 Å². The van der Waals surface area contributed by atoms with E-state index >= 15 is 0 Å². The Balaban J connectivity index is 2.05. The number of nitrogens with zero attached hydrogens (tertiary/aromatic N) is 3. The van der Waals surface area contributed by atoms with Gasteiger partial charge in [0.25, 0.3) is 11.7 Å². The maximum Gasteiger partial charge on any atom is 0.417 e. The SMILES string of the molecule is Cc1cc(N(C(=O)C(=O)c2c(C)c(C(N)=O)c(C)n2C)C2CCC(O)(C(F)(F)F)CC2)cnc1F. The molecule has 0 radical (unpaired) electrons. The van der Waals surface area contributed by atoms with Gasteiger partial charge in [-0.05, 0) is 58.1 Å². The summed E-state index contributed by atoms with van der Waals surface area (Å²) in [5, 5.41) is 10.0. The van der Waals surface area contributed by atoms with Crippen molar-refractivity contribution >= 4 is 23.3 Å². The number of pyridine rings is 1. The molecule has 12 heteroatoms. The number of carbonyl (C=O) groups is 3. The van der Waals surface area contributed by atoms with Gasteiger partial charge < -0.3 is 20.3 Å². The Morgan fingerprint density at radius 1 is 1.20 bits per heavy atom. The maximum absolute atomic E-state index is 13.8. The molecule has 2 amide bonds. The van der Waals surface area contributed by atoms with Crippen LogP contribution in [0.25, 0.3) is 0 Å². The Bertz CT molecular complexity index is 1200. The van der Waals surface area contributed by atoms with Crippen LogP contribution < -0.4 is 10.6 Å². The van der Waals surface area contributed by atoms with Gasteiger partial charge in [-0.25, -0.2) is 4.98 Å². The van der Waals surface area contributed by atoms with Gasteiger partial charge in [0.05, 0.1) is 23.1 Å². The Morgan fingerprint density at radius 3 is 2.23 bits per heavy atom. The van der Waals surface area contributed by atoms with E-state index in [9.17, 15) is 37.1 Å². The van der Waals surface area contributed by atoms with E-state index in [1.165, 1.54) is 31.5 Å². The number of hydrogen-bond donors (Lipinski definition) is 2. The molecule has 2 heterocycles. The predicted molar refractivity (Wildman–Crippen MR) is 117 cm³/mol. The number of primary amides is 1. The van der Waals surface area contributed by atoms with Crippen molar-refractivity contribution in [3.05, 3.63) is 46.3 Å². The van der Waals surface area contributed by atoms with Crippen LogP contribution in [-0.2, 0) is 11.8 Å². The van der Waals surface area contributed by atoms with Gasteiger partial charge in [0.15, 0.2) is 5.60 Å². The largest absolute Gasteiger partial charge is 0.417 e. The van der Waals surface area contributed by atoms with Crippen molar-refractivity contribution in [3.63, 3.8) is 0 Å². The smallest absolute Gasteiger partial charge is 0.380 e. The number of carbonyl (C=O) groups excluding carboxylic acids is 3. The van der Waals surface area contributed by atoms with Crippen LogP contribution in [0.5, 0.6) is 0 Å². The van der Waals surface area contributed by atoms with Crippen LogP contribution in [0.2, 0.25) is 0 Å². The molecule has 0 aromatic carbocycles. The van der Waals surface area contributed by atoms with E-state index in [-0.39, 0.29) is 40.9 Å². The quantitative estimate of drug-likeness (QED) is 0.284. The molecular weight excluding hydrogens is 472 g/mol. The van der Waals surface area contributed by atoms with E-state index in [1.54, 1.807) is 6.92 Å². The second-order valence-corrected chi connectivity index (χ2v) is 8.92. The third-order valence-corrected chi connectivity index (χ3v) is 6.76. The number of hydrogen-bond acceptors (Lipinski definition) is 5. The fourth-order valence-electron chi connectivity index (χ4n) is 4.66. The zero-order valence-corrected chi connectivity index (χ0v) is 19.7. The fourth-order valence-corrected chi connectivity index (χ4v) is 4.66. The van der Waals surface area contributed by atoms with Crippen LogP contribution in [-0.4, -0.2) is 50.1 Å². The minimum atomic E-state index is -4.85. The first-order chi connectivity index (χ1) is 16.1. The average Bonchev–Trinajstić information content (AvgIpc) is 2.99. The molecule has 1 aliphatic carbocycles. The number of rotatable bonds is 5. The summed E-state index contributed by atoms with van der Waals surface area (Å²) in [6, 6.07) is 0.383. The van der Waals surface area contributed by atoms with Crippen LogP contribution >= 0.6 is 0 Å². The summed E-state index contributed by atoms with van der Waals surface area (Å²) in [6.45, 7) is 4.41. The Kier molecular flexibility index (Phi) is 6.82. The number of aromatic nitrogens is 2. The first-order valence-corrected chi connectivity index (χ1v) is 10.9. The molecule has 35 heavy (non-hydrogen) atoms. The van der Waals surface area contributed by atoms with Gasteiger partial charge in [-0.3, -0.25) is 14.4 Å². The van der Waals surface area contributed by atoms with Crippen molar-refractivity contribution in [1.82, 2.24) is 9.55 Å². The number of Topliss-reactive ketones (excluding diaryl/α,β-unsaturated/α-hetero) is 1. The van der Waals surface area contributed by atoms with E-state index in [0.29, 0.717) is 5.69 Å².